The van der Waals surface area contributed by atoms with Crippen molar-refractivity contribution in [2.24, 2.45) is 0 Å². The number of ether oxygens (including phenoxy) is 1. The number of rotatable bonds is 10. The molecule has 0 saturated carbocycles. The summed E-state index contributed by atoms with van der Waals surface area (Å²) in [4.78, 5) is 2.25. The predicted molar refractivity (Wildman–Crippen MR) is 73.4 cm³/mol. The van der Waals surface area contributed by atoms with Crippen LogP contribution in [-0.4, -0.2) is 38.3 Å². The second kappa shape index (κ2) is 8.91. The summed E-state index contributed by atoms with van der Waals surface area (Å²) in [6.07, 6.45) is 3.66. The van der Waals surface area contributed by atoms with E-state index in [4.69, 9.17) is 9.15 Å². The van der Waals surface area contributed by atoms with E-state index in [2.05, 4.69) is 23.7 Å². The fourth-order valence-electron chi connectivity index (χ4n) is 1.76. The van der Waals surface area contributed by atoms with Crippen molar-refractivity contribution >= 4 is 0 Å². The zero-order valence-corrected chi connectivity index (χ0v) is 11.4. The Morgan fingerprint density at radius 1 is 1.56 bits per heavy atom. The third kappa shape index (κ3) is 5.04. The smallest absolute Gasteiger partial charge is 0.122 e. The lowest BCUT2D eigenvalue weighted by atomic mass is 10.2. The molecule has 1 rings (SSSR count). The third-order valence-electron chi connectivity index (χ3n) is 2.77. The van der Waals surface area contributed by atoms with Gasteiger partial charge in [-0.05, 0) is 12.6 Å². The number of methoxy groups -OCH3 is 1. The number of nitrogens with one attached hydrogen (secondary N) is 1. The summed E-state index contributed by atoms with van der Waals surface area (Å²) in [5.41, 5.74) is 1.23. The van der Waals surface area contributed by atoms with Gasteiger partial charge in [0.15, 0.2) is 0 Å². The first-order valence-corrected chi connectivity index (χ1v) is 6.40. The quantitative estimate of drug-likeness (QED) is 0.647. The summed E-state index contributed by atoms with van der Waals surface area (Å²) in [5, 5.41) is 3.32. The van der Waals surface area contributed by atoms with Crippen molar-refractivity contribution in [1.29, 1.82) is 0 Å². The van der Waals surface area contributed by atoms with Crippen molar-refractivity contribution in [2.45, 2.75) is 20.0 Å². The van der Waals surface area contributed by atoms with Crippen LogP contribution in [0.4, 0.5) is 0 Å². The first kappa shape index (κ1) is 15.0. The van der Waals surface area contributed by atoms with Crippen molar-refractivity contribution in [1.82, 2.24) is 10.2 Å². The Balaban J connectivity index is 2.55. The minimum absolute atomic E-state index is 0.719. The standard InChI is InChI=1S/C14H24N2O2/c1-4-7-16(8-10-17-3)12-14-13(6-9-18-14)11-15-5-2/h4,6,9,15H,1,5,7-8,10-12H2,2-3H3. The minimum Gasteiger partial charge on any atom is -0.468 e. The van der Waals surface area contributed by atoms with Gasteiger partial charge in [-0.25, -0.2) is 0 Å². The highest BCUT2D eigenvalue weighted by Crippen LogP contribution is 2.13. The van der Waals surface area contributed by atoms with Gasteiger partial charge in [0.2, 0.25) is 0 Å². The van der Waals surface area contributed by atoms with Crippen molar-refractivity contribution in [3.63, 3.8) is 0 Å². The van der Waals surface area contributed by atoms with E-state index in [0.29, 0.717) is 0 Å². The maximum Gasteiger partial charge on any atom is 0.122 e. The van der Waals surface area contributed by atoms with Crippen LogP contribution in [0.2, 0.25) is 0 Å². The predicted octanol–water partition coefficient (Wildman–Crippen LogP) is 2.02. The second-order valence-corrected chi connectivity index (χ2v) is 4.17. The molecule has 0 aliphatic carbocycles. The molecule has 0 atom stereocenters. The normalized spacial score (nSPS) is 11.1. The van der Waals surface area contributed by atoms with Crippen molar-refractivity contribution in [3.05, 3.63) is 36.3 Å². The lowest BCUT2D eigenvalue weighted by molar-refractivity contribution is 0.146. The summed E-state index contributed by atoms with van der Waals surface area (Å²) in [6, 6.07) is 2.03. The van der Waals surface area contributed by atoms with Crippen LogP contribution in [0, 0.1) is 0 Å². The van der Waals surface area contributed by atoms with E-state index < -0.39 is 0 Å². The molecule has 102 valence electrons. The molecule has 0 spiro atoms. The van der Waals surface area contributed by atoms with Crippen LogP contribution >= 0.6 is 0 Å². The summed E-state index contributed by atoms with van der Waals surface area (Å²) >= 11 is 0. The molecule has 0 bridgehead atoms. The Bertz CT molecular complexity index is 336. The fourth-order valence-corrected chi connectivity index (χ4v) is 1.76. The van der Waals surface area contributed by atoms with Crippen LogP contribution in [0.3, 0.4) is 0 Å². The highest BCUT2D eigenvalue weighted by molar-refractivity contribution is 5.16. The Morgan fingerprint density at radius 2 is 2.39 bits per heavy atom. The van der Waals surface area contributed by atoms with Crippen LogP contribution < -0.4 is 5.32 Å². The van der Waals surface area contributed by atoms with Crippen LogP contribution in [0.1, 0.15) is 18.2 Å². The molecule has 0 aromatic carbocycles. The maximum atomic E-state index is 5.56. The average molecular weight is 252 g/mol. The number of hydrogen-bond donors (Lipinski definition) is 1. The van der Waals surface area contributed by atoms with E-state index >= 15 is 0 Å². The van der Waals surface area contributed by atoms with Crippen LogP contribution in [0.25, 0.3) is 0 Å². The van der Waals surface area contributed by atoms with Gasteiger partial charge in [-0.1, -0.05) is 13.0 Å². The molecule has 4 nitrogen and oxygen atoms in total. The molecule has 0 radical (unpaired) electrons. The SMILES string of the molecule is C=CCN(CCOC)Cc1occc1CNCC. The Morgan fingerprint density at radius 3 is 3.06 bits per heavy atom. The molecule has 0 unspecified atom stereocenters. The average Bonchev–Trinajstić information content (AvgIpc) is 2.81. The lowest BCUT2D eigenvalue weighted by Gasteiger charge is -2.19. The molecular weight excluding hydrogens is 228 g/mol. The van der Waals surface area contributed by atoms with Crippen LogP contribution in [-0.2, 0) is 17.8 Å². The van der Waals surface area contributed by atoms with Gasteiger partial charge in [0.1, 0.15) is 5.76 Å². The fraction of sp³-hybridized carbons (Fsp3) is 0.571. The second-order valence-electron chi connectivity index (χ2n) is 4.17. The van der Waals surface area contributed by atoms with Gasteiger partial charge in [0.05, 0.1) is 19.4 Å². The van der Waals surface area contributed by atoms with E-state index in [1.807, 2.05) is 12.1 Å². The largest absolute Gasteiger partial charge is 0.468 e. The van der Waals surface area contributed by atoms with Gasteiger partial charge in [0, 0.05) is 32.3 Å². The van der Waals surface area contributed by atoms with Crippen molar-refractivity contribution < 1.29 is 9.15 Å². The maximum absolute atomic E-state index is 5.56. The van der Waals surface area contributed by atoms with Gasteiger partial charge >= 0.3 is 0 Å². The van der Waals surface area contributed by atoms with Crippen LogP contribution in [0.5, 0.6) is 0 Å². The Labute approximate surface area is 110 Å². The molecule has 1 N–H and O–H groups in total. The van der Waals surface area contributed by atoms with E-state index in [9.17, 15) is 0 Å². The first-order chi connectivity index (χ1) is 8.81. The third-order valence-corrected chi connectivity index (χ3v) is 2.77. The van der Waals surface area contributed by atoms with Gasteiger partial charge in [-0.3, -0.25) is 4.90 Å². The molecule has 0 fully saturated rings. The number of nitrogens with zero attached hydrogens (tertiary/aromatic N) is 1. The highest BCUT2D eigenvalue weighted by atomic mass is 16.5. The van der Waals surface area contributed by atoms with E-state index in [-0.39, 0.29) is 0 Å². The van der Waals surface area contributed by atoms with Crippen molar-refractivity contribution in [3.8, 4) is 0 Å². The molecule has 1 heterocycles. The van der Waals surface area contributed by atoms with E-state index in [0.717, 1.165) is 45.1 Å². The molecule has 18 heavy (non-hydrogen) atoms. The molecule has 1 aromatic heterocycles. The van der Waals surface area contributed by atoms with Gasteiger partial charge in [0.25, 0.3) is 0 Å². The minimum atomic E-state index is 0.719. The summed E-state index contributed by atoms with van der Waals surface area (Å²) in [5.74, 6) is 1.02. The molecule has 0 aliphatic rings. The topological polar surface area (TPSA) is 37.6 Å². The van der Waals surface area contributed by atoms with Gasteiger partial charge in [-0.2, -0.15) is 0 Å². The van der Waals surface area contributed by atoms with Gasteiger partial charge < -0.3 is 14.5 Å². The van der Waals surface area contributed by atoms with E-state index in [1.54, 1.807) is 13.4 Å². The van der Waals surface area contributed by atoms with E-state index in [1.165, 1.54) is 5.56 Å². The van der Waals surface area contributed by atoms with Gasteiger partial charge in [-0.15, -0.1) is 6.58 Å². The molecule has 1 aromatic rings. The number of hydrogen-bond acceptors (Lipinski definition) is 4. The molecular formula is C14H24N2O2. The summed E-state index contributed by atoms with van der Waals surface area (Å²) < 4.78 is 10.7. The Kier molecular flexibility index (Phi) is 7.41. The summed E-state index contributed by atoms with van der Waals surface area (Å²) in [7, 11) is 1.72. The summed E-state index contributed by atoms with van der Waals surface area (Å²) in [6.45, 7) is 10.9. The monoisotopic (exact) mass is 252 g/mol. The molecule has 4 heteroatoms. The lowest BCUT2D eigenvalue weighted by Crippen LogP contribution is -2.27. The zero-order chi connectivity index (χ0) is 13.2. The molecule has 0 aliphatic heterocycles. The zero-order valence-electron chi connectivity index (χ0n) is 11.4. The highest BCUT2D eigenvalue weighted by Gasteiger charge is 2.10. The molecule has 0 saturated heterocycles. The first-order valence-electron chi connectivity index (χ1n) is 6.40. The van der Waals surface area contributed by atoms with Crippen molar-refractivity contribution in [2.75, 3.05) is 33.4 Å². The molecule has 0 amide bonds. The number of furan rings is 1. The Hall–Kier alpha value is -1.10. The van der Waals surface area contributed by atoms with Crippen LogP contribution in [0.15, 0.2) is 29.4 Å².